The van der Waals surface area contributed by atoms with Crippen LogP contribution in [0.1, 0.15) is 6.92 Å². The minimum absolute atomic E-state index is 0.0583. The van der Waals surface area contributed by atoms with Crippen molar-refractivity contribution in [3.8, 4) is 5.75 Å². The van der Waals surface area contributed by atoms with E-state index in [9.17, 15) is 14.0 Å². The van der Waals surface area contributed by atoms with Gasteiger partial charge in [0.1, 0.15) is 12.4 Å². The highest BCUT2D eigenvalue weighted by Gasteiger charge is 2.10. The summed E-state index contributed by atoms with van der Waals surface area (Å²) in [5, 5.41) is 8.31. The molecule has 10 heteroatoms. The topological polar surface area (TPSA) is 114 Å². The fourth-order valence-corrected chi connectivity index (χ4v) is 2.55. The van der Waals surface area contributed by atoms with Gasteiger partial charge in [0.2, 0.25) is 11.7 Å². The molecule has 166 valence electrons. The van der Waals surface area contributed by atoms with E-state index in [-0.39, 0.29) is 11.8 Å². The summed E-state index contributed by atoms with van der Waals surface area (Å²) in [6.07, 6.45) is 1.04. The molecule has 1 aromatic heterocycles. The second kappa shape index (κ2) is 10.8. The maximum Gasteiger partial charge on any atom is 0.291 e. The third kappa shape index (κ3) is 6.47. The van der Waals surface area contributed by atoms with Crippen LogP contribution in [0.4, 0.5) is 33.2 Å². The van der Waals surface area contributed by atoms with Gasteiger partial charge in [0.25, 0.3) is 5.91 Å². The molecule has 0 aliphatic heterocycles. The monoisotopic (exact) mass is 439 g/mol. The second-order valence-electron chi connectivity index (χ2n) is 6.60. The molecule has 32 heavy (non-hydrogen) atoms. The molecule has 0 spiro atoms. The van der Waals surface area contributed by atoms with Gasteiger partial charge in [-0.1, -0.05) is 6.07 Å². The quantitative estimate of drug-likeness (QED) is 0.324. The summed E-state index contributed by atoms with van der Waals surface area (Å²) in [6.45, 7) is 2.11. The molecule has 3 rings (SSSR count). The van der Waals surface area contributed by atoms with E-state index < -0.39 is 17.5 Å². The predicted octanol–water partition coefficient (Wildman–Crippen LogP) is 3.66. The van der Waals surface area contributed by atoms with Gasteiger partial charge in [-0.2, -0.15) is 4.98 Å². The Bertz CT molecular complexity index is 1090. The van der Waals surface area contributed by atoms with Crippen LogP contribution in [0, 0.1) is 5.82 Å². The lowest BCUT2D eigenvalue weighted by molar-refractivity contribution is -0.133. The summed E-state index contributed by atoms with van der Waals surface area (Å²) >= 11 is 0. The number of carbonyl (C=O) groups is 2. The Hall–Kier alpha value is -4.05. The minimum Gasteiger partial charge on any atom is -0.491 e. The number of ether oxygens (including phenoxy) is 2. The van der Waals surface area contributed by atoms with Crippen molar-refractivity contribution in [2.45, 2.75) is 6.92 Å². The van der Waals surface area contributed by atoms with Crippen LogP contribution in [0.15, 0.2) is 54.7 Å². The molecule has 2 aromatic carbocycles. The van der Waals surface area contributed by atoms with E-state index in [2.05, 4.69) is 25.9 Å². The molecule has 0 aliphatic carbocycles. The number of halogens is 1. The summed E-state index contributed by atoms with van der Waals surface area (Å²) in [5.41, 5.74) is 1.54. The molecular weight excluding hydrogens is 417 g/mol. The highest BCUT2D eigenvalue weighted by Crippen LogP contribution is 2.23. The van der Waals surface area contributed by atoms with E-state index in [4.69, 9.17) is 9.47 Å². The second-order valence-corrected chi connectivity index (χ2v) is 6.60. The van der Waals surface area contributed by atoms with Crippen LogP contribution < -0.4 is 20.7 Å². The van der Waals surface area contributed by atoms with E-state index in [1.165, 1.54) is 6.92 Å². The van der Waals surface area contributed by atoms with Crippen molar-refractivity contribution in [3.05, 3.63) is 60.5 Å². The normalized spacial score (nSPS) is 10.3. The van der Waals surface area contributed by atoms with Crippen molar-refractivity contribution in [1.82, 2.24) is 9.97 Å². The first-order valence-corrected chi connectivity index (χ1v) is 9.65. The lowest BCUT2D eigenvalue weighted by atomic mass is 10.2. The molecule has 1 heterocycles. The van der Waals surface area contributed by atoms with Crippen molar-refractivity contribution in [2.24, 2.45) is 0 Å². The fourth-order valence-electron chi connectivity index (χ4n) is 2.55. The molecule has 3 N–H and O–H groups in total. The average molecular weight is 439 g/mol. The largest absolute Gasteiger partial charge is 0.491 e. The number of methoxy groups -OCH3 is 1. The zero-order valence-corrected chi connectivity index (χ0v) is 17.5. The van der Waals surface area contributed by atoms with Crippen molar-refractivity contribution >= 4 is 40.5 Å². The van der Waals surface area contributed by atoms with Crippen LogP contribution in [0.5, 0.6) is 5.75 Å². The van der Waals surface area contributed by atoms with Crippen LogP contribution >= 0.6 is 0 Å². The van der Waals surface area contributed by atoms with Gasteiger partial charge in [-0.25, -0.2) is 9.37 Å². The standard InChI is InChI=1S/C22H22FN5O4/c1-14(29)21(30)26-17-5-3-4-16(12-17)25-20-19(23)13-24-22(28-20)27-15-6-8-18(9-7-15)32-11-10-31-2/h3-9,12-13H,10-11H2,1-2H3,(H,26,30)(H2,24,25,27,28). The summed E-state index contributed by atoms with van der Waals surface area (Å²) in [7, 11) is 1.60. The molecule has 1 amide bonds. The van der Waals surface area contributed by atoms with Crippen LogP contribution in [-0.2, 0) is 14.3 Å². The Labute approximate surface area is 184 Å². The Balaban J connectivity index is 1.68. The number of carbonyl (C=O) groups excluding carboxylic acids is 2. The van der Waals surface area contributed by atoms with Gasteiger partial charge in [0.05, 0.1) is 12.8 Å². The number of benzene rings is 2. The number of hydrogen-bond acceptors (Lipinski definition) is 8. The average Bonchev–Trinajstić information content (AvgIpc) is 2.77. The van der Waals surface area contributed by atoms with E-state index >= 15 is 0 Å². The first kappa shape index (κ1) is 22.6. The van der Waals surface area contributed by atoms with Gasteiger partial charge in [-0.05, 0) is 42.5 Å². The van der Waals surface area contributed by atoms with Crippen LogP contribution in [0.2, 0.25) is 0 Å². The summed E-state index contributed by atoms with van der Waals surface area (Å²) in [6, 6.07) is 13.6. The van der Waals surface area contributed by atoms with Crippen molar-refractivity contribution in [2.75, 3.05) is 36.3 Å². The molecule has 3 aromatic rings. The zero-order chi connectivity index (χ0) is 22.9. The Morgan fingerprint density at radius 1 is 1.00 bits per heavy atom. The Morgan fingerprint density at radius 2 is 1.75 bits per heavy atom. The van der Waals surface area contributed by atoms with E-state index in [1.54, 1.807) is 55.6 Å². The van der Waals surface area contributed by atoms with Gasteiger partial charge in [0, 0.05) is 31.1 Å². The van der Waals surface area contributed by atoms with Gasteiger partial charge in [-0.3, -0.25) is 9.59 Å². The highest BCUT2D eigenvalue weighted by atomic mass is 19.1. The maximum absolute atomic E-state index is 14.3. The molecule has 9 nitrogen and oxygen atoms in total. The number of rotatable bonds is 10. The number of nitrogens with one attached hydrogen (secondary N) is 3. The molecule has 0 radical (unpaired) electrons. The number of amides is 1. The van der Waals surface area contributed by atoms with Gasteiger partial charge in [0.15, 0.2) is 11.6 Å². The van der Waals surface area contributed by atoms with Crippen LogP contribution in [-0.4, -0.2) is 42.0 Å². The summed E-state index contributed by atoms with van der Waals surface area (Å²) in [4.78, 5) is 30.8. The lowest BCUT2D eigenvalue weighted by Crippen LogP contribution is -2.19. The van der Waals surface area contributed by atoms with Crippen molar-refractivity contribution < 1.29 is 23.5 Å². The van der Waals surface area contributed by atoms with Crippen molar-refractivity contribution in [3.63, 3.8) is 0 Å². The lowest BCUT2D eigenvalue weighted by Gasteiger charge is -2.11. The smallest absolute Gasteiger partial charge is 0.291 e. The predicted molar refractivity (Wildman–Crippen MR) is 118 cm³/mol. The summed E-state index contributed by atoms with van der Waals surface area (Å²) < 4.78 is 24.7. The molecule has 0 saturated heterocycles. The summed E-state index contributed by atoms with van der Waals surface area (Å²) in [5.74, 6) is -1.20. The van der Waals surface area contributed by atoms with Gasteiger partial charge < -0.3 is 25.4 Å². The van der Waals surface area contributed by atoms with Gasteiger partial charge >= 0.3 is 0 Å². The third-order valence-electron chi connectivity index (χ3n) is 4.11. The Kier molecular flexibility index (Phi) is 7.65. The van der Waals surface area contributed by atoms with E-state index in [0.717, 1.165) is 6.20 Å². The minimum atomic E-state index is -0.739. The van der Waals surface area contributed by atoms with Crippen molar-refractivity contribution in [1.29, 1.82) is 0 Å². The molecule has 0 atom stereocenters. The Morgan fingerprint density at radius 3 is 2.47 bits per heavy atom. The van der Waals surface area contributed by atoms with Crippen LogP contribution in [0.3, 0.4) is 0 Å². The molecule has 0 unspecified atom stereocenters. The maximum atomic E-state index is 14.3. The zero-order valence-electron chi connectivity index (χ0n) is 17.5. The molecule has 0 fully saturated rings. The number of anilines is 5. The van der Waals surface area contributed by atoms with Crippen LogP contribution in [0.25, 0.3) is 0 Å². The van der Waals surface area contributed by atoms with E-state index in [0.29, 0.717) is 36.0 Å². The van der Waals surface area contributed by atoms with Gasteiger partial charge in [-0.15, -0.1) is 0 Å². The number of ketones is 1. The highest BCUT2D eigenvalue weighted by molar-refractivity contribution is 6.39. The number of nitrogens with zero attached hydrogens (tertiary/aromatic N) is 2. The first-order chi connectivity index (χ1) is 15.4. The number of Topliss-reactive ketones (excluding diaryl/α,β-unsaturated/α-hetero) is 1. The molecule has 0 bridgehead atoms. The number of aromatic nitrogens is 2. The molecule has 0 aliphatic rings. The SMILES string of the molecule is COCCOc1ccc(Nc2ncc(F)c(Nc3cccc(NC(=O)C(C)=O)c3)n2)cc1. The fraction of sp³-hybridized carbons (Fsp3) is 0.182. The third-order valence-corrected chi connectivity index (χ3v) is 4.11. The molecule has 0 saturated carbocycles. The number of hydrogen-bond donors (Lipinski definition) is 3. The molecular formula is C22H22FN5O4. The first-order valence-electron chi connectivity index (χ1n) is 9.65. The van der Waals surface area contributed by atoms with E-state index in [1.807, 2.05) is 0 Å².